The van der Waals surface area contributed by atoms with E-state index in [0.29, 0.717) is 27.9 Å². The van der Waals surface area contributed by atoms with Gasteiger partial charge in [0.2, 0.25) is 0 Å². The lowest BCUT2D eigenvalue weighted by Gasteiger charge is -2.17. The fraction of sp³-hybridized carbons (Fsp3) is 0.421. The average molecular weight is 425 g/mol. The Hall–Kier alpha value is -2.19. The van der Waals surface area contributed by atoms with Crippen LogP contribution < -0.4 is 5.32 Å². The van der Waals surface area contributed by atoms with Gasteiger partial charge in [0.15, 0.2) is 0 Å². The molecule has 1 aliphatic carbocycles. The van der Waals surface area contributed by atoms with Crippen molar-refractivity contribution in [1.82, 2.24) is 10.3 Å². The standard InChI is InChI=1S/C19H21ClN2O5S/c1-2-28(26,27)9-8-16(19(24)25)22-18(23)17-12-4-3-5-14(12)21-15-7-6-11(20)10-13(15)17/h6-7,10,16H,2-5,8-9H2,1H3,(H,22,23)(H,24,25). The molecule has 0 saturated carbocycles. The van der Waals surface area contributed by atoms with Crippen LogP contribution in [0, 0.1) is 0 Å². The van der Waals surface area contributed by atoms with Gasteiger partial charge in [-0.15, -0.1) is 0 Å². The highest BCUT2D eigenvalue weighted by Crippen LogP contribution is 2.31. The minimum atomic E-state index is -3.34. The molecule has 1 aliphatic rings. The van der Waals surface area contributed by atoms with Crippen molar-refractivity contribution in [3.63, 3.8) is 0 Å². The van der Waals surface area contributed by atoms with Crippen molar-refractivity contribution in [2.75, 3.05) is 11.5 Å². The number of carboxylic acid groups (broad SMARTS) is 1. The molecule has 3 rings (SSSR count). The third-order valence-corrected chi connectivity index (χ3v) is 6.93. The van der Waals surface area contributed by atoms with E-state index in [4.69, 9.17) is 11.6 Å². The number of amides is 1. The smallest absolute Gasteiger partial charge is 0.326 e. The van der Waals surface area contributed by atoms with Crippen LogP contribution in [-0.4, -0.2) is 47.9 Å². The second kappa shape index (κ2) is 8.05. The minimum Gasteiger partial charge on any atom is -0.480 e. The number of rotatable bonds is 7. The van der Waals surface area contributed by atoms with Gasteiger partial charge in [0.25, 0.3) is 5.91 Å². The van der Waals surface area contributed by atoms with E-state index < -0.39 is 27.8 Å². The first-order chi connectivity index (χ1) is 13.2. The summed E-state index contributed by atoms with van der Waals surface area (Å²) in [6, 6.07) is 3.77. The number of nitrogens with one attached hydrogen (secondary N) is 1. The van der Waals surface area contributed by atoms with Crippen LogP contribution in [-0.2, 0) is 27.5 Å². The van der Waals surface area contributed by atoms with Crippen molar-refractivity contribution < 1.29 is 23.1 Å². The number of carbonyl (C=O) groups is 2. The molecule has 0 bridgehead atoms. The number of aliphatic carboxylic acids is 1. The van der Waals surface area contributed by atoms with Crippen molar-refractivity contribution in [2.24, 2.45) is 0 Å². The number of sulfone groups is 1. The fourth-order valence-electron chi connectivity index (χ4n) is 3.42. The number of halogens is 1. The third kappa shape index (κ3) is 4.28. The molecule has 2 aromatic rings. The van der Waals surface area contributed by atoms with E-state index in [-0.39, 0.29) is 17.9 Å². The highest BCUT2D eigenvalue weighted by Gasteiger charge is 2.28. The van der Waals surface area contributed by atoms with Crippen molar-refractivity contribution in [3.05, 3.63) is 40.0 Å². The van der Waals surface area contributed by atoms with Gasteiger partial charge in [0.05, 0.1) is 16.8 Å². The quantitative estimate of drug-likeness (QED) is 0.705. The van der Waals surface area contributed by atoms with Gasteiger partial charge in [-0.25, -0.2) is 13.2 Å². The molecule has 0 spiro atoms. The molecule has 9 heteroatoms. The number of fused-ring (bicyclic) bond motifs is 2. The summed E-state index contributed by atoms with van der Waals surface area (Å²) in [7, 11) is -3.34. The predicted molar refractivity (Wildman–Crippen MR) is 107 cm³/mol. The van der Waals surface area contributed by atoms with Crippen LogP contribution in [0.2, 0.25) is 5.02 Å². The van der Waals surface area contributed by atoms with Gasteiger partial charge in [-0.2, -0.15) is 0 Å². The normalized spacial score (nSPS) is 14.6. The molecular weight excluding hydrogens is 404 g/mol. The summed E-state index contributed by atoms with van der Waals surface area (Å²) in [6.07, 6.45) is 2.10. The molecule has 1 amide bonds. The number of aromatic nitrogens is 1. The maximum absolute atomic E-state index is 13.0. The van der Waals surface area contributed by atoms with Crippen LogP contribution in [0.5, 0.6) is 0 Å². The Labute approximate surface area is 168 Å². The molecule has 0 saturated heterocycles. The topological polar surface area (TPSA) is 113 Å². The number of nitrogens with zero attached hydrogens (tertiary/aromatic N) is 1. The number of carbonyl (C=O) groups excluding carboxylic acids is 1. The zero-order valence-electron chi connectivity index (χ0n) is 15.4. The van der Waals surface area contributed by atoms with E-state index in [0.717, 1.165) is 24.1 Å². The maximum atomic E-state index is 13.0. The molecule has 1 aromatic carbocycles. The van der Waals surface area contributed by atoms with Crippen LogP contribution in [0.25, 0.3) is 10.9 Å². The summed E-state index contributed by atoms with van der Waals surface area (Å²) < 4.78 is 23.4. The lowest BCUT2D eigenvalue weighted by atomic mass is 10.00. The van der Waals surface area contributed by atoms with Crippen LogP contribution >= 0.6 is 11.6 Å². The van der Waals surface area contributed by atoms with E-state index >= 15 is 0 Å². The van der Waals surface area contributed by atoms with Gasteiger partial charge in [-0.3, -0.25) is 9.78 Å². The second-order valence-corrected chi connectivity index (χ2v) is 9.73. The van der Waals surface area contributed by atoms with Gasteiger partial charge in [-0.05, 0) is 49.4 Å². The summed E-state index contributed by atoms with van der Waals surface area (Å²) in [6.45, 7) is 1.50. The van der Waals surface area contributed by atoms with Gasteiger partial charge in [-0.1, -0.05) is 18.5 Å². The van der Waals surface area contributed by atoms with Crippen LogP contribution in [0.4, 0.5) is 0 Å². The minimum absolute atomic E-state index is 0.0751. The SMILES string of the molecule is CCS(=O)(=O)CCC(NC(=O)c1c2c(nc3ccc(Cl)cc13)CCC2)C(=O)O. The Morgan fingerprint density at radius 1 is 1.32 bits per heavy atom. The van der Waals surface area contributed by atoms with Gasteiger partial charge in [0, 0.05) is 21.9 Å². The average Bonchev–Trinajstić information content (AvgIpc) is 3.10. The molecule has 0 radical (unpaired) electrons. The van der Waals surface area contributed by atoms with E-state index in [1.807, 2.05) is 0 Å². The molecule has 150 valence electrons. The van der Waals surface area contributed by atoms with E-state index in [9.17, 15) is 23.1 Å². The summed E-state index contributed by atoms with van der Waals surface area (Å²) in [5.41, 5.74) is 2.64. The second-order valence-electron chi connectivity index (χ2n) is 6.82. The number of aryl methyl sites for hydroxylation is 1. The molecule has 0 fully saturated rings. The van der Waals surface area contributed by atoms with Crippen molar-refractivity contribution in [2.45, 2.75) is 38.6 Å². The number of carboxylic acids is 1. The Balaban J connectivity index is 1.96. The molecule has 1 unspecified atom stereocenters. The summed E-state index contributed by atoms with van der Waals surface area (Å²) in [5, 5.41) is 13.0. The van der Waals surface area contributed by atoms with Crippen LogP contribution in [0.1, 0.15) is 41.4 Å². The first-order valence-electron chi connectivity index (χ1n) is 9.07. The first kappa shape index (κ1) is 20.5. The van der Waals surface area contributed by atoms with Crippen molar-refractivity contribution in [3.8, 4) is 0 Å². The van der Waals surface area contributed by atoms with E-state index in [1.54, 1.807) is 18.2 Å². The fourth-order valence-corrected chi connectivity index (χ4v) is 4.48. The Bertz CT molecular complexity index is 1050. The van der Waals surface area contributed by atoms with Gasteiger partial charge in [0.1, 0.15) is 15.9 Å². The van der Waals surface area contributed by atoms with Crippen LogP contribution in [0.15, 0.2) is 18.2 Å². The zero-order chi connectivity index (χ0) is 20.5. The van der Waals surface area contributed by atoms with E-state index in [1.165, 1.54) is 6.92 Å². The molecule has 1 heterocycles. The molecule has 7 nitrogen and oxygen atoms in total. The van der Waals surface area contributed by atoms with Crippen molar-refractivity contribution in [1.29, 1.82) is 0 Å². The molecular formula is C19H21ClN2O5S. The molecule has 1 atom stereocenters. The molecule has 28 heavy (non-hydrogen) atoms. The molecule has 0 aliphatic heterocycles. The van der Waals surface area contributed by atoms with Gasteiger partial charge >= 0.3 is 5.97 Å². The Kier molecular flexibility index (Phi) is 5.90. The number of pyridine rings is 1. The lowest BCUT2D eigenvalue weighted by Crippen LogP contribution is -2.42. The van der Waals surface area contributed by atoms with Crippen LogP contribution in [0.3, 0.4) is 0 Å². The van der Waals surface area contributed by atoms with Gasteiger partial charge < -0.3 is 10.4 Å². The summed E-state index contributed by atoms with van der Waals surface area (Å²) in [4.78, 5) is 29.2. The number of hydrogen-bond donors (Lipinski definition) is 2. The Morgan fingerprint density at radius 2 is 2.07 bits per heavy atom. The number of hydrogen-bond acceptors (Lipinski definition) is 5. The number of benzene rings is 1. The predicted octanol–water partition coefficient (Wildman–Crippen LogP) is 2.38. The zero-order valence-corrected chi connectivity index (χ0v) is 16.9. The maximum Gasteiger partial charge on any atom is 0.326 e. The Morgan fingerprint density at radius 3 is 2.75 bits per heavy atom. The highest BCUT2D eigenvalue weighted by molar-refractivity contribution is 7.91. The van der Waals surface area contributed by atoms with Crippen molar-refractivity contribution >= 4 is 44.2 Å². The largest absolute Gasteiger partial charge is 0.480 e. The third-order valence-electron chi connectivity index (χ3n) is 4.96. The summed E-state index contributed by atoms with van der Waals surface area (Å²) in [5.74, 6) is -2.20. The monoisotopic (exact) mass is 424 g/mol. The first-order valence-corrected chi connectivity index (χ1v) is 11.3. The lowest BCUT2D eigenvalue weighted by molar-refractivity contribution is -0.139. The molecule has 2 N–H and O–H groups in total. The summed E-state index contributed by atoms with van der Waals surface area (Å²) >= 11 is 6.10. The molecule has 1 aromatic heterocycles. The highest BCUT2D eigenvalue weighted by atomic mass is 35.5. The van der Waals surface area contributed by atoms with E-state index in [2.05, 4.69) is 10.3 Å².